The van der Waals surface area contributed by atoms with Crippen LogP contribution in [0.2, 0.25) is 0 Å². The Morgan fingerprint density at radius 3 is 2.65 bits per heavy atom. The molecule has 4 heteroatoms. The molecule has 4 N–H and O–H groups in total. The fourth-order valence-corrected chi connectivity index (χ4v) is 2.26. The minimum atomic E-state index is -0.671. The van der Waals surface area contributed by atoms with E-state index in [4.69, 9.17) is 5.73 Å². The molecule has 0 aromatic rings. The summed E-state index contributed by atoms with van der Waals surface area (Å²) >= 11 is 0. The van der Waals surface area contributed by atoms with Gasteiger partial charge in [-0.25, -0.2) is 0 Å². The van der Waals surface area contributed by atoms with Crippen LogP contribution in [0.5, 0.6) is 0 Å². The molecule has 17 heavy (non-hydrogen) atoms. The monoisotopic (exact) mass is 242 g/mol. The Bertz CT molecular complexity index is 236. The Morgan fingerprint density at radius 1 is 1.41 bits per heavy atom. The van der Waals surface area contributed by atoms with Crippen LogP contribution in [-0.4, -0.2) is 29.7 Å². The highest BCUT2D eigenvalue weighted by atomic mass is 16.3. The number of amides is 1. The molecule has 0 aliphatic heterocycles. The predicted octanol–water partition coefficient (Wildman–Crippen LogP) is 1.17. The SMILES string of the molecule is CC1CCC(O)(CNC(=O)CCCCN)CC1. The van der Waals surface area contributed by atoms with Gasteiger partial charge in [0, 0.05) is 13.0 Å². The first-order chi connectivity index (χ1) is 8.06. The van der Waals surface area contributed by atoms with Crippen LogP contribution in [0.4, 0.5) is 0 Å². The lowest BCUT2D eigenvalue weighted by Gasteiger charge is -2.34. The first-order valence-corrected chi connectivity index (χ1v) is 6.75. The largest absolute Gasteiger partial charge is 0.388 e. The number of carbonyl (C=O) groups is 1. The van der Waals surface area contributed by atoms with Crippen molar-refractivity contribution in [1.29, 1.82) is 0 Å². The van der Waals surface area contributed by atoms with E-state index in [0.29, 0.717) is 25.4 Å². The number of rotatable bonds is 6. The number of hydrogen-bond donors (Lipinski definition) is 3. The molecule has 1 aliphatic rings. The molecule has 0 aromatic carbocycles. The van der Waals surface area contributed by atoms with Gasteiger partial charge in [0.15, 0.2) is 0 Å². The average Bonchev–Trinajstić information content (AvgIpc) is 2.32. The fraction of sp³-hybridized carbons (Fsp3) is 0.923. The Hall–Kier alpha value is -0.610. The number of carbonyl (C=O) groups excluding carboxylic acids is 1. The Kier molecular flexibility index (Phi) is 5.92. The maximum Gasteiger partial charge on any atom is 0.220 e. The van der Waals surface area contributed by atoms with E-state index in [0.717, 1.165) is 38.5 Å². The molecule has 0 unspecified atom stereocenters. The summed E-state index contributed by atoms with van der Waals surface area (Å²) in [4.78, 5) is 11.5. The molecule has 1 fully saturated rings. The lowest BCUT2D eigenvalue weighted by Crippen LogP contribution is -2.45. The molecule has 0 heterocycles. The van der Waals surface area contributed by atoms with E-state index in [1.807, 2.05) is 0 Å². The zero-order valence-electron chi connectivity index (χ0n) is 10.9. The number of nitrogens with two attached hydrogens (primary N) is 1. The zero-order chi connectivity index (χ0) is 12.7. The van der Waals surface area contributed by atoms with E-state index in [2.05, 4.69) is 12.2 Å². The van der Waals surface area contributed by atoms with Gasteiger partial charge in [-0.2, -0.15) is 0 Å². The average molecular weight is 242 g/mol. The van der Waals surface area contributed by atoms with E-state index in [1.54, 1.807) is 0 Å². The van der Waals surface area contributed by atoms with Gasteiger partial charge in [-0.15, -0.1) is 0 Å². The van der Waals surface area contributed by atoms with E-state index in [9.17, 15) is 9.90 Å². The molecule has 100 valence electrons. The van der Waals surface area contributed by atoms with Gasteiger partial charge in [0.05, 0.1) is 5.60 Å². The number of nitrogens with one attached hydrogen (secondary N) is 1. The summed E-state index contributed by atoms with van der Waals surface area (Å²) in [5.74, 6) is 0.737. The number of aliphatic hydroxyl groups is 1. The van der Waals surface area contributed by atoms with Crippen LogP contribution in [0.1, 0.15) is 51.9 Å². The second-order valence-electron chi connectivity index (χ2n) is 5.43. The lowest BCUT2D eigenvalue weighted by molar-refractivity contribution is -0.123. The number of unbranched alkanes of at least 4 members (excludes halogenated alkanes) is 1. The van der Waals surface area contributed by atoms with Gasteiger partial charge in [0.1, 0.15) is 0 Å². The highest BCUT2D eigenvalue weighted by Gasteiger charge is 2.31. The molecule has 1 aliphatic carbocycles. The van der Waals surface area contributed by atoms with Crippen molar-refractivity contribution < 1.29 is 9.90 Å². The van der Waals surface area contributed by atoms with Crippen LogP contribution in [0, 0.1) is 5.92 Å². The van der Waals surface area contributed by atoms with E-state index in [1.165, 1.54) is 0 Å². The minimum Gasteiger partial charge on any atom is -0.388 e. The molecule has 0 spiro atoms. The Balaban J connectivity index is 2.18. The third-order valence-corrected chi connectivity index (χ3v) is 3.68. The summed E-state index contributed by atoms with van der Waals surface area (Å²) in [6.07, 6.45) is 5.95. The van der Waals surface area contributed by atoms with Crippen molar-refractivity contribution in [3.63, 3.8) is 0 Å². The van der Waals surface area contributed by atoms with Crippen LogP contribution in [0.3, 0.4) is 0 Å². The molecule has 0 bridgehead atoms. The topological polar surface area (TPSA) is 75.3 Å². The summed E-state index contributed by atoms with van der Waals surface area (Å²) < 4.78 is 0. The van der Waals surface area contributed by atoms with Crippen molar-refractivity contribution in [2.24, 2.45) is 11.7 Å². The summed E-state index contributed by atoms with van der Waals surface area (Å²) in [5.41, 5.74) is 4.70. The zero-order valence-corrected chi connectivity index (χ0v) is 10.9. The van der Waals surface area contributed by atoms with Gasteiger partial charge in [0.25, 0.3) is 0 Å². The highest BCUT2D eigenvalue weighted by molar-refractivity contribution is 5.75. The normalized spacial score (nSPS) is 29.0. The second kappa shape index (κ2) is 6.97. The smallest absolute Gasteiger partial charge is 0.220 e. The standard InChI is InChI=1S/C13H26N2O2/c1-11-5-7-13(17,8-6-11)10-15-12(16)4-2-3-9-14/h11,17H,2-10,14H2,1H3,(H,15,16). The fourth-order valence-electron chi connectivity index (χ4n) is 2.26. The molecule has 1 amide bonds. The molecular weight excluding hydrogens is 216 g/mol. The molecule has 0 aromatic heterocycles. The third-order valence-electron chi connectivity index (χ3n) is 3.68. The second-order valence-corrected chi connectivity index (χ2v) is 5.43. The summed E-state index contributed by atoms with van der Waals surface area (Å²) in [5, 5.41) is 13.1. The molecule has 1 saturated carbocycles. The van der Waals surface area contributed by atoms with E-state index in [-0.39, 0.29) is 5.91 Å². The highest BCUT2D eigenvalue weighted by Crippen LogP contribution is 2.31. The van der Waals surface area contributed by atoms with Gasteiger partial charge in [-0.05, 0) is 51.0 Å². The maximum atomic E-state index is 11.5. The molecule has 0 atom stereocenters. The van der Waals surface area contributed by atoms with Crippen molar-refractivity contribution in [2.75, 3.05) is 13.1 Å². The Labute approximate surface area is 104 Å². The first-order valence-electron chi connectivity index (χ1n) is 6.75. The van der Waals surface area contributed by atoms with Crippen LogP contribution >= 0.6 is 0 Å². The van der Waals surface area contributed by atoms with Crippen molar-refractivity contribution >= 4 is 5.91 Å². The third kappa shape index (κ3) is 5.50. The Morgan fingerprint density at radius 2 is 2.06 bits per heavy atom. The minimum absolute atomic E-state index is 0.0329. The van der Waals surface area contributed by atoms with Gasteiger partial charge >= 0.3 is 0 Å². The van der Waals surface area contributed by atoms with Crippen LogP contribution in [0.15, 0.2) is 0 Å². The summed E-state index contributed by atoms with van der Waals surface area (Å²) in [6, 6.07) is 0. The number of hydrogen-bond acceptors (Lipinski definition) is 3. The quantitative estimate of drug-likeness (QED) is 0.612. The van der Waals surface area contributed by atoms with E-state index < -0.39 is 5.60 Å². The van der Waals surface area contributed by atoms with Crippen molar-refractivity contribution in [2.45, 2.75) is 57.5 Å². The molecule has 4 nitrogen and oxygen atoms in total. The van der Waals surface area contributed by atoms with Gasteiger partial charge < -0.3 is 16.2 Å². The van der Waals surface area contributed by atoms with Gasteiger partial charge in [-0.3, -0.25) is 4.79 Å². The maximum absolute atomic E-state index is 11.5. The summed E-state index contributed by atoms with van der Waals surface area (Å²) in [7, 11) is 0. The van der Waals surface area contributed by atoms with Crippen LogP contribution < -0.4 is 11.1 Å². The molecule has 1 rings (SSSR count). The van der Waals surface area contributed by atoms with Gasteiger partial charge in [-0.1, -0.05) is 6.92 Å². The predicted molar refractivity (Wildman–Crippen MR) is 68.5 cm³/mol. The lowest BCUT2D eigenvalue weighted by atomic mass is 9.79. The van der Waals surface area contributed by atoms with Crippen molar-refractivity contribution in [3.8, 4) is 0 Å². The van der Waals surface area contributed by atoms with E-state index >= 15 is 0 Å². The molecular formula is C13H26N2O2. The molecule has 0 radical (unpaired) electrons. The van der Waals surface area contributed by atoms with Gasteiger partial charge in [0.2, 0.25) is 5.91 Å². The summed E-state index contributed by atoms with van der Waals surface area (Å²) in [6.45, 7) is 3.25. The van der Waals surface area contributed by atoms with Crippen LogP contribution in [0.25, 0.3) is 0 Å². The first kappa shape index (κ1) is 14.5. The van der Waals surface area contributed by atoms with Crippen molar-refractivity contribution in [3.05, 3.63) is 0 Å². The van der Waals surface area contributed by atoms with Crippen molar-refractivity contribution in [1.82, 2.24) is 5.32 Å². The molecule has 0 saturated heterocycles. The van der Waals surface area contributed by atoms with Crippen LogP contribution in [-0.2, 0) is 4.79 Å².